The normalized spacial score (nSPS) is 10.4. The molecule has 0 aliphatic heterocycles. The highest BCUT2D eigenvalue weighted by Gasteiger charge is 2.17. The van der Waals surface area contributed by atoms with E-state index < -0.39 is 0 Å². The SMILES string of the molecule is CCN(Cc1ccccc1)C(=O)c1ccnc(N(CC)c2ccccc2)c1. The lowest BCUT2D eigenvalue weighted by Gasteiger charge is -2.24. The van der Waals surface area contributed by atoms with Crippen LogP contribution < -0.4 is 4.90 Å². The molecule has 4 heteroatoms. The smallest absolute Gasteiger partial charge is 0.254 e. The molecule has 0 fully saturated rings. The third kappa shape index (κ3) is 4.53. The van der Waals surface area contributed by atoms with Crippen molar-refractivity contribution in [2.24, 2.45) is 0 Å². The van der Waals surface area contributed by atoms with Gasteiger partial charge in [-0.05, 0) is 43.7 Å². The molecule has 0 atom stereocenters. The zero-order valence-electron chi connectivity index (χ0n) is 15.9. The molecule has 0 saturated heterocycles. The lowest BCUT2D eigenvalue weighted by Crippen LogP contribution is -2.30. The van der Waals surface area contributed by atoms with Gasteiger partial charge in [-0.15, -0.1) is 0 Å². The zero-order chi connectivity index (χ0) is 19.1. The second-order valence-corrected chi connectivity index (χ2v) is 6.29. The van der Waals surface area contributed by atoms with Crippen LogP contribution in [0.25, 0.3) is 0 Å². The molecule has 2 aromatic carbocycles. The van der Waals surface area contributed by atoms with Crippen LogP contribution >= 0.6 is 0 Å². The number of hydrogen-bond acceptors (Lipinski definition) is 3. The topological polar surface area (TPSA) is 36.4 Å². The first-order chi connectivity index (χ1) is 13.2. The number of aromatic nitrogens is 1. The van der Waals surface area contributed by atoms with E-state index in [2.05, 4.69) is 16.8 Å². The fourth-order valence-electron chi connectivity index (χ4n) is 3.10. The number of benzene rings is 2. The molecule has 27 heavy (non-hydrogen) atoms. The number of carbonyl (C=O) groups excluding carboxylic acids is 1. The Hall–Kier alpha value is -3.14. The molecule has 0 bridgehead atoms. The Morgan fingerprint density at radius 3 is 2.19 bits per heavy atom. The fraction of sp³-hybridized carbons (Fsp3) is 0.217. The Bertz CT molecular complexity index is 865. The largest absolute Gasteiger partial charge is 0.335 e. The summed E-state index contributed by atoms with van der Waals surface area (Å²) in [4.78, 5) is 21.5. The predicted molar refractivity (Wildman–Crippen MR) is 110 cm³/mol. The standard InChI is InChI=1S/C23H25N3O/c1-3-25(18-19-11-7-5-8-12-19)23(27)20-15-16-24-22(17-20)26(4-2)21-13-9-6-10-14-21/h5-17H,3-4,18H2,1-2H3. The van der Waals surface area contributed by atoms with E-state index in [9.17, 15) is 4.79 Å². The van der Waals surface area contributed by atoms with Gasteiger partial charge >= 0.3 is 0 Å². The van der Waals surface area contributed by atoms with Gasteiger partial charge in [0.05, 0.1) is 0 Å². The summed E-state index contributed by atoms with van der Waals surface area (Å²) >= 11 is 0. The fourth-order valence-corrected chi connectivity index (χ4v) is 3.10. The van der Waals surface area contributed by atoms with E-state index >= 15 is 0 Å². The first kappa shape index (κ1) is 18.6. The number of amides is 1. The van der Waals surface area contributed by atoms with Crippen LogP contribution in [0.2, 0.25) is 0 Å². The molecule has 1 heterocycles. The Kier molecular flexibility index (Phi) is 6.21. The molecular formula is C23H25N3O. The lowest BCUT2D eigenvalue weighted by atomic mass is 10.1. The van der Waals surface area contributed by atoms with Crippen LogP contribution in [0.4, 0.5) is 11.5 Å². The minimum absolute atomic E-state index is 0.0223. The van der Waals surface area contributed by atoms with E-state index in [0.717, 1.165) is 23.6 Å². The van der Waals surface area contributed by atoms with Gasteiger partial charge in [0.2, 0.25) is 0 Å². The van der Waals surface area contributed by atoms with Gasteiger partial charge in [-0.3, -0.25) is 4.79 Å². The van der Waals surface area contributed by atoms with Crippen molar-refractivity contribution in [3.8, 4) is 0 Å². The highest BCUT2D eigenvalue weighted by molar-refractivity contribution is 5.95. The summed E-state index contributed by atoms with van der Waals surface area (Å²) in [5.41, 5.74) is 2.85. The Morgan fingerprint density at radius 1 is 0.889 bits per heavy atom. The molecule has 3 rings (SSSR count). The zero-order valence-corrected chi connectivity index (χ0v) is 15.9. The predicted octanol–water partition coefficient (Wildman–Crippen LogP) is 4.90. The first-order valence-electron chi connectivity index (χ1n) is 9.34. The molecule has 0 unspecified atom stereocenters. The Morgan fingerprint density at radius 2 is 1.56 bits per heavy atom. The summed E-state index contributed by atoms with van der Waals surface area (Å²) in [6, 6.07) is 23.8. The van der Waals surface area contributed by atoms with E-state index in [-0.39, 0.29) is 5.91 Å². The van der Waals surface area contributed by atoms with E-state index in [0.29, 0.717) is 18.7 Å². The second kappa shape index (κ2) is 8.99. The molecule has 0 aliphatic rings. The van der Waals surface area contributed by atoms with Crippen molar-refractivity contribution in [3.63, 3.8) is 0 Å². The van der Waals surface area contributed by atoms with Crippen molar-refractivity contribution in [3.05, 3.63) is 90.1 Å². The Balaban J connectivity index is 1.84. The van der Waals surface area contributed by atoms with E-state index in [4.69, 9.17) is 0 Å². The lowest BCUT2D eigenvalue weighted by molar-refractivity contribution is 0.0752. The summed E-state index contributed by atoms with van der Waals surface area (Å²) < 4.78 is 0. The van der Waals surface area contributed by atoms with Crippen LogP contribution in [0.3, 0.4) is 0 Å². The number of nitrogens with zero attached hydrogens (tertiary/aromatic N) is 3. The third-order valence-corrected chi connectivity index (χ3v) is 4.54. The van der Waals surface area contributed by atoms with E-state index in [1.54, 1.807) is 12.3 Å². The van der Waals surface area contributed by atoms with Gasteiger partial charge in [-0.2, -0.15) is 0 Å². The molecule has 0 spiro atoms. The van der Waals surface area contributed by atoms with Gasteiger partial charge in [0.25, 0.3) is 5.91 Å². The van der Waals surface area contributed by atoms with Crippen LogP contribution in [-0.2, 0) is 6.54 Å². The minimum Gasteiger partial charge on any atom is -0.335 e. The Labute approximate surface area is 161 Å². The highest BCUT2D eigenvalue weighted by Crippen LogP contribution is 2.24. The molecular weight excluding hydrogens is 334 g/mol. The van der Waals surface area contributed by atoms with Crippen molar-refractivity contribution in [2.45, 2.75) is 20.4 Å². The number of rotatable bonds is 7. The van der Waals surface area contributed by atoms with Gasteiger partial charge in [0.15, 0.2) is 0 Å². The molecule has 1 aromatic heterocycles. The monoisotopic (exact) mass is 359 g/mol. The maximum atomic E-state index is 13.1. The molecule has 3 aromatic rings. The highest BCUT2D eigenvalue weighted by atomic mass is 16.2. The van der Waals surface area contributed by atoms with Crippen LogP contribution in [0.5, 0.6) is 0 Å². The van der Waals surface area contributed by atoms with Gasteiger partial charge in [-0.1, -0.05) is 48.5 Å². The maximum Gasteiger partial charge on any atom is 0.254 e. The van der Waals surface area contributed by atoms with Crippen LogP contribution in [0, 0.1) is 0 Å². The maximum absolute atomic E-state index is 13.1. The van der Waals surface area contributed by atoms with Crippen molar-refractivity contribution >= 4 is 17.4 Å². The molecule has 0 radical (unpaired) electrons. The van der Waals surface area contributed by atoms with E-state index in [1.165, 1.54) is 0 Å². The molecule has 1 amide bonds. The van der Waals surface area contributed by atoms with Crippen LogP contribution in [0.15, 0.2) is 79.0 Å². The van der Waals surface area contributed by atoms with Crippen molar-refractivity contribution in [1.29, 1.82) is 0 Å². The number of para-hydroxylation sites is 1. The molecule has 4 nitrogen and oxygen atoms in total. The quantitative estimate of drug-likeness (QED) is 0.602. The summed E-state index contributed by atoms with van der Waals surface area (Å²) in [5, 5.41) is 0. The average Bonchev–Trinajstić information content (AvgIpc) is 2.74. The number of pyridine rings is 1. The van der Waals surface area contributed by atoms with Crippen LogP contribution in [-0.4, -0.2) is 28.9 Å². The first-order valence-corrected chi connectivity index (χ1v) is 9.34. The van der Waals surface area contributed by atoms with Gasteiger partial charge in [0, 0.05) is 37.1 Å². The summed E-state index contributed by atoms with van der Waals surface area (Å²) in [6.07, 6.45) is 1.71. The average molecular weight is 359 g/mol. The third-order valence-electron chi connectivity index (χ3n) is 4.54. The van der Waals surface area contributed by atoms with Crippen molar-refractivity contribution in [1.82, 2.24) is 9.88 Å². The minimum atomic E-state index is 0.0223. The molecule has 0 aliphatic carbocycles. The van der Waals surface area contributed by atoms with Gasteiger partial charge in [-0.25, -0.2) is 4.98 Å². The number of carbonyl (C=O) groups is 1. The molecule has 138 valence electrons. The summed E-state index contributed by atoms with van der Waals surface area (Å²) in [7, 11) is 0. The van der Waals surface area contributed by atoms with Crippen molar-refractivity contribution in [2.75, 3.05) is 18.0 Å². The second-order valence-electron chi connectivity index (χ2n) is 6.29. The summed E-state index contributed by atoms with van der Waals surface area (Å²) in [6.45, 7) is 6.11. The number of hydrogen-bond donors (Lipinski definition) is 0. The summed E-state index contributed by atoms with van der Waals surface area (Å²) in [5.74, 6) is 0.805. The van der Waals surface area contributed by atoms with Gasteiger partial charge < -0.3 is 9.80 Å². The van der Waals surface area contributed by atoms with E-state index in [1.807, 2.05) is 78.6 Å². The molecule has 0 saturated carbocycles. The van der Waals surface area contributed by atoms with Gasteiger partial charge in [0.1, 0.15) is 5.82 Å². The molecule has 0 N–H and O–H groups in total. The van der Waals surface area contributed by atoms with Crippen LogP contribution in [0.1, 0.15) is 29.8 Å². The van der Waals surface area contributed by atoms with Crippen molar-refractivity contribution < 1.29 is 4.79 Å². The number of anilines is 2.